The number of halogens is 2. The Morgan fingerprint density at radius 1 is 1.26 bits per heavy atom. The number of aromatic nitrogens is 3. The van der Waals surface area contributed by atoms with Crippen molar-refractivity contribution in [1.82, 2.24) is 14.5 Å². The SMILES string of the molecule is C=C(/C=C(\C(C)=C/N)n1c(C)cc(OCc2ncc(F)cc2C)c(Cl)c1=O)c1nc(C(C)(C)O)ccc1C. The zero-order valence-electron chi connectivity index (χ0n) is 22.4. The average Bonchev–Trinajstić information content (AvgIpc) is 2.84. The Morgan fingerprint density at radius 2 is 1.95 bits per heavy atom. The monoisotopic (exact) mass is 538 g/mol. The molecule has 0 fully saturated rings. The molecule has 3 aromatic heterocycles. The van der Waals surface area contributed by atoms with Crippen molar-refractivity contribution >= 4 is 22.9 Å². The number of nitrogens with two attached hydrogens (primary N) is 1. The lowest BCUT2D eigenvalue weighted by molar-refractivity contribution is 0.0738. The van der Waals surface area contributed by atoms with Gasteiger partial charge in [0.1, 0.15) is 28.8 Å². The van der Waals surface area contributed by atoms with Crippen LogP contribution < -0.4 is 16.0 Å². The number of aryl methyl sites for hydroxylation is 3. The summed E-state index contributed by atoms with van der Waals surface area (Å²) in [4.78, 5) is 22.1. The van der Waals surface area contributed by atoms with Gasteiger partial charge >= 0.3 is 0 Å². The first-order chi connectivity index (χ1) is 17.7. The maximum atomic E-state index is 13.5. The second-order valence-corrected chi connectivity index (χ2v) is 10.0. The van der Waals surface area contributed by atoms with E-state index >= 15 is 0 Å². The number of nitrogens with zero attached hydrogens (tertiary/aromatic N) is 3. The Labute approximate surface area is 226 Å². The highest BCUT2D eigenvalue weighted by Crippen LogP contribution is 2.29. The molecule has 0 unspecified atom stereocenters. The standard InChI is InChI=1S/C29H32ClFN4O3/c1-16-8-9-25(29(6,7)37)34-27(16)18(3)11-23(19(4)13-32)35-20(5)12-24(26(30)28(35)36)38-15-22-17(2)10-21(31)14-33-22/h8-14,37H,3,15,32H2,1-2,4-7H3/b19-13-,23-11+. The molecule has 0 saturated heterocycles. The molecule has 0 spiro atoms. The lowest BCUT2D eigenvalue weighted by Crippen LogP contribution is -2.24. The third-order valence-electron chi connectivity index (χ3n) is 6.05. The summed E-state index contributed by atoms with van der Waals surface area (Å²) in [6.07, 6.45) is 4.20. The van der Waals surface area contributed by atoms with Crippen molar-refractivity contribution in [2.45, 2.75) is 53.8 Å². The van der Waals surface area contributed by atoms with Gasteiger partial charge in [0.05, 0.1) is 29.0 Å². The number of aliphatic hydroxyl groups is 1. The number of hydrogen-bond acceptors (Lipinski definition) is 6. The maximum Gasteiger partial charge on any atom is 0.277 e. The molecule has 38 heavy (non-hydrogen) atoms. The fraction of sp³-hybridized carbons (Fsp3) is 0.276. The fourth-order valence-electron chi connectivity index (χ4n) is 3.82. The summed E-state index contributed by atoms with van der Waals surface area (Å²) in [5.41, 5.74) is 9.38. The van der Waals surface area contributed by atoms with Gasteiger partial charge in [-0.2, -0.15) is 0 Å². The van der Waals surface area contributed by atoms with Gasteiger partial charge in [0.15, 0.2) is 0 Å². The van der Waals surface area contributed by atoms with E-state index in [1.807, 2.05) is 13.0 Å². The van der Waals surface area contributed by atoms with E-state index in [-0.39, 0.29) is 17.4 Å². The summed E-state index contributed by atoms with van der Waals surface area (Å²) >= 11 is 6.46. The minimum atomic E-state index is -1.14. The summed E-state index contributed by atoms with van der Waals surface area (Å²) in [6.45, 7) is 14.6. The van der Waals surface area contributed by atoms with Crippen LogP contribution in [0.2, 0.25) is 5.02 Å². The maximum absolute atomic E-state index is 13.5. The molecular formula is C29H32ClFN4O3. The van der Waals surface area contributed by atoms with Crippen molar-refractivity contribution in [3.05, 3.63) is 110 Å². The molecule has 3 heterocycles. The molecule has 3 aromatic rings. The summed E-state index contributed by atoms with van der Waals surface area (Å²) in [5, 5.41) is 10.3. The number of ether oxygens (including phenoxy) is 1. The molecule has 0 aliphatic carbocycles. The molecule has 200 valence electrons. The Hall–Kier alpha value is -3.75. The molecule has 3 N–H and O–H groups in total. The smallest absolute Gasteiger partial charge is 0.277 e. The van der Waals surface area contributed by atoms with E-state index in [1.165, 1.54) is 16.8 Å². The van der Waals surface area contributed by atoms with Crippen LogP contribution in [0.15, 0.2) is 59.7 Å². The first-order valence-electron chi connectivity index (χ1n) is 11.9. The average molecular weight is 539 g/mol. The minimum absolute atomic E-state index is 0.0124. The molecule has 0 radical (unpaired) electrons. The molecule has 0 aliphatic heterocycles. The summed E-state index contributed by atoms with van der Waals surface area (Å²) < 4.78 is 20.6. The lowest BCUT2D eigenvalue weighted by atomic mass is 10.00. The Balaban J connectivity index is 2.06. The van der Waals surface area contributed by atoms with E-state index in [4.69, 9.17) is 22.1 Å². The van der Waals surface area contributed by atoms with Crippen LogP contribution >= 0.6 is 11.6 Å². The fourth-order valence-corrected chi connectivity index (χ4v) is 4.01. The van der Waals surface area contributed by atoms with E-state index in [1.54, 1.807) is 52.8 Å². The quantitative estimate of drug-likeness (QED) is 0.363. The van der Waals surface area contributed by atoms with Crippen LogP contribution in [0.25, 0.3) is 11.3 Å². The topological polar surface area (TPSA) is 103 Å². The molecule has 9 heteroatoms. The van der Waals surface area contributed by atoms with E-state index in [0.717, 1.165) is 11.8 Å². The predicted octanol–water partition coefficient (Wildman–Crippen LogP) is 5.58. The van der Waals surface area contributed by atoms with Crippen LogP contribution in [0.5, 0.6) is 5.75 Å². The Morgan fingerprint density at radius 3 is 2.55 bits per heavy atom. The molecule has 0 aromatic carbocycles. The van der Waals surface area contributed by atoms with E-state index in [9.17, 15) is 14.3 Å². The Bertz CT molecular complexity index is 1520. The van der Waals surface area contributed by atoms with Crippen LogP contribution in [0.3, 0.4) is 0 Å². The van der Waals surface area contributed by atoms with Crippen LogP contribution in [-0.4, -0.2) is 19.6 Å². The summed E-state index contributed by atoms with van der Waals surface area (Å²) in [7, 11) is 0. The van der Waals surface area contributed by atoms with Gasteiger partial charge in [0.2, 0.25) is 0 Å². The highest BCUT2D eigenvalue weighted by atomic mass is 35.5. The number of hydrogen-bond donors (Lipinski definition) is 2. The molecule has 0 amide bonds. The molecule has 0 saturated carbocycles. The van der Waals surface area contributed by atoms with Crippen molar-refractivity contribution in [2.24, 2.45) is 5.73 Å². The molecular weight excluding hydrogens is 507 g/mol. The van der Waals surface area contributed by atoms with Crippen molar-refractivity contribution in [3.63, 3.8) is 0 Å². The third kappa shape index (κ3) is 6.20. The predicted molar refractivity (Wildman–Crippen MR) is 149 cm³/mol. The molecule has 0 aliphatic rings. The molecule has 0 bridgehead atoms. The first-order valence-corrected chi connectivity index (χ1v) is 12.3. The Kier molecular flexibility index (Phi) is 8.59. The van der Waals surface area contributed by atoms with Gasteiger partial charge in [-0.25, -0.2) is 9.37 Å². The molecule has 7 nitrogen and oxygen atoms in total. The zero-order valence-corrected chi connectivity index (χ0v) is 23.2. The second-order valence-electron chi connectivity index (χ2n) is 9.64. The van der Waals surface area contributed by atoms with Crippen LogP contribution in [0, 0.1) is 26.6 Å². The van der Waals surface area contributed by atoms with Gasteiger partial charge < -0.3 is 15.6 Å². The van der Waals surface area contributed by atoms with Gasteiger partial charge in [-0.3, -0.25) is 14.3 Å². The van der Waals surface area contributed by atoms with Crippen LogP contribution in [0.4, 0.5) is 4.39 Å². The van der Waals surface area contributed by atoms with Gasteiger partial charge in [-0.15, -0.1) is 0 Å². The highest BCUT2D eigenvalue weighted by Gasteiger charge is 2.21. The van der Waals surface area contributed by atoms with E-state index in [2.05, 4.69) is 16.5 Å². The summed E-state index contributed by atoms with van der Waals surface area (Å²) in [6, 6.07) is 6.62. The van der Waals surface area contributed by atoms with E-state index < -0.39 is 17.0 Å². The number of allylic oxidation sites excluding steroid dienone is 4. The van der Waals surface area contributed by atoms with Crippen molar-refractivity contribution < 1.29 is 14.2 Å². The van der Waals surface area contributed by atoms with Gasteiger partial charge in [0, 0.05) is 11.8 Å². The third-order valence-corrected chi connectivity index (χ3v) is 6.40. The van der Waals surface area contributed by atoms with Crippen LogP contribution in [-0.2, 0) is 12.2 Å². The van der Waals surface area contributed by atoms with Crippen molar-refractivity contribution in [3.8, 4) is 5.75 Å². The summed E-state index contributed by atoms with van der Waals surface area (Å²) in [5.74, 6) is -0.261. The van der Waals surface area contributed by atoms with Gasteiger partial charge in [-0.1, -0.05) is 24.2 Å². The normalized spacial score (nSPS) is 12.6. The lowest BCUT2D eigenvalue weighted by Gasteiger charge is -2.20. The number of pyridine rings is 3. The number of rotatable bonds is 8. The largest absolute Gasteiger partial charge is 0.485 e. The van der Waals surface area contributed by atoms with E-state index in [0.29, 0.717) is 45.2 Å². The van der Waals surface area contributed by atoms with Crippen molar-refractivity contribution in [1.29, 1.82) is 0 Å². The second kappa shape index (κ2) is 11.3. The van der Waals surface area contributed by atoms with Gasteiger partial charge in [-0.05, 0) is 88.2 Å². The van der Waals surface area contributed by atoms with Crippen LogP contribution in [0.1, 0.15) is 54.7 Å². The molecule has 0 atom stereocenters. The van der Waals surface area contributed by atoms with Crippen molar-refractivity contribution in [2.75, 3.05) is 0 Å². The molecule has 3 rings (SSSR count). The minimum Gasteiger partial charge on any atom is -0.485 e. The zero-order chi connectivity index (χ0) is 28.4. The van der Waals surface area contributed by atoms with Gasteiger partial charge in [0.25, 0.3) is 5.56 Å². The highest BCUT2D eigenvalue weighted by molar-refractivity contribution is 6.31. The first kappa shape index (κ1) is 28.8.